The standard InChI is InChI=1S/C29H34ClN3O4S/c1-21-16-17-24(18-26(21)30)33(38(36,37)25-14-10-7-11-15-25)20-27(34)32(19-23-12-8-6-9-13-23)22(2)28(35)31-29(3,4)5/h6-18,22H,19-20H2,1-5H3,(H,31,35). The summed E-state index contributed by atoms with van der Waals surface area (Å²) in [5, 5.41) is 3.29. The number of hydrogen-bond acceptors (Lipinski definition) is 4. The maximum atomic E-state index is 13.9. The molecule has 0 aliphatic carbocycles. The number of rotatable bonds is 9. The molecule has 0 saturated heterocycles. The van der Waals surface area contributed by atoms with Crippen molar-refractivity contribution in [3.8, 4) is 0 Å². The van der Waals surface area contributed by atoms with Crippen LogP contribution in [0.1, 0.15) is 38.8 Å². The van der Waals surface area contributed by atoms with Crippen LogP contribution < -0.4 is 9.62 Å². The fraction of sp³-hybridized carbons (Fsp3) is 0.310. The van der Waals surface area contributed by atoms with Gasteiger partial charge in [-0.05, 0) is 70.0 Å². The Morgan fingerprint density at radius 1 is 0.947 bits per heavy atom. The summed E-state index contributed by atoms with van der Waals surface area (Å²) in [7, 11) is -4.13. The second kappa shape index (κ2) is 12.0. The van der Waals surface area contributed by atoms with Gasteiger partial charge in [0, 0.05) is 17.1 Å². The Morgan fingerprint density at radius 3 is 2.08 bits per heavy atom. The molecular formula is C29H34ClN3O4S. The molecule has 0 aromatic heterocycles. The molecule has 1 N–H and O–H groups in total. The number of amides is 2. The van der Waals surface area contributed by atoms with Crippen LogP contribution in [0.25, 0.3) is 0 Å². The van der Waals surface area contributed by atoms with Gasteiger partial charge in [-0.15, -0.1) is 0 Å². The largest absolute Gasteiger partial charge is 0.350 e. The van der Waals surface area contributed by atoms with Gasteiger partial charge >= 0.3 is 0 Å². The van der Waals surface area contributed by atoms with Gasteiger partial charge in [-0.25, -0.2) is 8.42 Å². The molecule has 1 unspecified atom stereocenters. The Balaban J connectivity index is 2.04. The maximum Gasteiger partial charge on any atom is 0.264 e. The van der Waals surface area contributed by atoms with Crippen molar-refractivity contribution in [2.45, 2.75) is 57.6 Å². The molecule has 0 spiro atoms. The van der Waals surface area contributed by atoms with Crippen molar-refractivity contribution in [1.82, 2.24) is 10.2 Å². The molecule has 0 heterocycles. The molecule has 38 heavy (non-hydrogen) atoms. The van der Waals surface area contributed by atoms with Crippen molar-refractivity contribution in [3.05, 3.63) is 95.0 Å². The average Bonchev–Trinajstić information content (AvgIpc) is 2.87. The number of benzene rings is 3. The van der Waals surface area contributed by atoms with Gasteiger partial charge in [0.15, 0.2) is 0 Å². The van der Waals surface area contributed by atoms with Gasteiger partial charge in [0.2, 0.25) is 11.8 Å². The number of anilines is 1. The van der Waals surface area contributed by atoms with Crippen LogP contribution in [0.4, 0.5) is 5.69 Å². The first-order valence-electron chi connectivity index (χ1n) is 12.3. The minimum atomic E-state index is -4.13. The Kier molecular flexibility index (Phi) is 9.22. The first-order chi connectivity index (χ1) is 17.8. The molecule has 2 amide bonds. The molecule has 202 valence electrons. The maximum absolute atomic E-state index is 13.9. The van der Waals surface area contributed by atoms with E-state index in [1.54, 1.807) is 37.3 Å². The Hall–Kier alpha value is -3.36. The zero-order valence-electron chi connectivity index (χ0n) is 22.3. The van der Waals surface area contributed by atoms with E-state index in [0.717, 1.165) is 15.4 Å². The van der Waals surface area contributed by atoms with Crippen LogP contribution in [-0.2, 0) is 26.2 Å². The second-order valence-corrected chi connectivity index (χ2v) is 12.5. The summed E-state index contributed by atoms with van der Waals surface area (Å²) in [5.41, 5.74) is 1.34. The molecule has 9 heteroatoms. The van der Waals surface area contributed by atoms with Crippen LogP contribution >= 0.6 is 11.6 Å². The highest BCUT2D eigenvalue weighted by atomic mass is 35.5. The number of nitrogens with zero attached hydrogens (tertiary/aromatic N) is 2. The highest BCUT2D eigenvalue weighted by Gasteiger charge is 2.33. The summed E-state index contributed by atoms with van der Waals surface area (Å²) in [5.74, 6) is -0.862. The lowest BCUT2D eigenvalue weighted by molar-refractivity contribution is -0.140. The third kappa shape index (κ3) is 7.36. The van der Waals surface area contributed by atoms with Crippen LogP contribution in [0.3, 0.4) is 0 Å². The minimum Gasteiger partial charge on any atom is -0.350 e. The molecule has 1 atom stereocenters. The summed E-state index contributed by atoms with van der Waals surface area (Å²) in [6, 6.07) is 21.2. The normalized spacial score (nSPS) is 12.5. The predicted molar refractivity (Wildman–Crippen MR) is 152 cm³/mol. The Morgan fingerprint density at radius 2 is 1.53 bits per heavy atom. The van der Waals surface area contributed by atoms with Gasteiger partial charge in [0.1, 0.15) is 12.6 Å². The van der Waals surface area contributed by atoms with E-state index in [1.165, 1.54) is 23.1 Å². The summed E-state index contributed by atoms with van der Waals surface area (Å²) in [6.07, 6.45) is 0. The highest BCUT2D eigenvalue weighted by molar-refractivity contribution is 7.92. The molecular weight excluding hydrogens is 522 g/mol. The highest BCUT2D eigenvalue weighted by Crippen LogP contribution is 2.28. The summed E-state index contributed by atoms with van der Waals surface area (Å²) in [6.45, 7) is 8.64. The van der Waals surface area contributed by atoms with Crippen LogP contribution in [0.15, 0.2) is 83.8 Å². The van der Waals surface area contributed by atoms with Gasteiger partial charge in [-0.2, -0.15) is 0 Å². The number of carbonyl (C=O) groups is 2. The molecule has 0 radical (unpaired) electrons. The first-order valence-corrected chi connectivity index (χ1v) is 14.1. The summed E-state index contributed by atoms with van der Waals surface area (Å²) >= 11 is 6.34. The fourth-order valence-corrected chi connectivity index (χ4v) is 5.42. The molecule has 3 aromatic rings. The van der Waals surface area contributed by atoms with E-state index in [4.69, 9.17) is 11.6 Å². The van der Waals surface area contributed by atoms with Crippen LogP contribution in [0.2, 0.25) is 5.02 Å². The predicted octanol–water partition coefficient (Wildman–Crippen LogP) is 5.18. The summed E-state index contributed by atoms with van der Waals surface area (Å²) in [4.78, 5) is 28.4. The molecule has 0 aliphatic rings. The van der Waals surface area contributed by atoms with Crippen molar-refractivity contribution in [3.63, 3.8) is 0 Å². The van der Waals surface area contributed by atoms with Crippen molar-refractivity contribution in [2.24, 2.45) is 0 Å². The number of sulfonamides is 1. The number of hydrogen-bond donors (Lipinski definition) is 1. The third-order valence-electron chi connectivity index (χ3n) is 5.91. The monoisotopic (exact) mass is 555 g/mol. The topological polar surface area (TPSA) is 86.8 Å². The van der Waals surface area contributed by atoms with E-state index in [2.05, 4.69) is 5.32 Å². The van der Waals surface area contributed by atoms with Crippen molar-refractivity contribution in [1.29, 1.82) is 0 Å². The molecule has 0 aliphatic heterocycles. The summed E-state index contributed by atoms with van der Waals surface area (Å²) < 4.78 is 28.6. The lowest BCUT2D eigenvalue weighted by atomic mass is 10.1. The molecule has 0 fully saturated rings. The van der Waals surface area contributed by atoms with Crippen molar-refractivity contribution >= 4 is 39.1 Å². The first kappa shape index (κ1) is 29.2. The smallest absolute Gasteiger partial charge is 0.264 e. The minimum absolute atomic E-state index is 0.0395. The SMILES string of the molecule is Cc1ccc(N(CC(=O)N(Cc2ccccc2)C(C)C(=O)NC(C)(C)C)S(=O)(=O)c2ccccc2)cc1Cl. The Labute approximate surface area is 230 Å². The molecule has 7 nitrogen and oxygen atoms in total. The van der Waals surface area contributed by atoms with Gasteiger partial charge in [0.05, 0.1) is 10.6 Å². The van der Waals surface area contributed by atoms with Crippen LogP contribution in [0.5, 0.6) is 0 Å². The van der Waals surface area contributed by atoms with E-state index < -0.39 is 34.1 Å². The zero-order chi connectivity index (χ0) is 28.1. The van der Waals surface area contributed by atoms with Crippen molar-refractivity contribution in [2.75, 3.05) is 10.8 Å². The fourth-order valence-electron chi connectivity index (χ4n) is 3.82. The van der Waals surface area contributed by atoms with Gasteiger partial charge < -0.3 is 10.2 Å². The lowest BCUT2D eigenvalue weighted by Gasteiger charge is -2.33. The van der Waals surface area contributed by atoms with Crippen LogP contribution in [-0.4, -0.2) is 43.3 Å². The van der Waals surface area contributed by atoms with E-state index >= 15 is 0 Å². The number of aryl methyl sites for hydroxylation is 1. The van der Waals surface area contributed by atoms with E-state index in [1.807, 2.05) is 58.0 Å². The lowest BCUT2D eigenvalue weighted by Crippen LogP contribution is -2.54. The van der Waals surface area contributed by atoms with Gasteiger partial charge in [-0.1, -0.05) is 66.2 Å². The Bertz CT molecular complexity index is 1370. The molecule has 0 saturated carbocycles. The van der Waals surface area contributed by atoms with Crippen molar-refractivity contribution < 1.29 is 18.0 Å². The van der Waals surface area contributed by atoms with E-state index in [0.29, 0.717) is 5.02 Å². The van der Waals surface area contributed by atoms with E-state index in [9.17, 15) is 18.0 Å². The molecule has 3 rings (SSSR count). The number of nitrogens with one attached hydrogen (secondary N) is 1. The molecule has 3 aromatic carbocycles. The van der Waals surface area contributed by atoms with E-state index in [-0.39, 0.29) is 23.0 Å². The quantitative estimate of drug-likeness (QED) is 0.394. The van der Waals surface area contributed by atoms with Crippen LogP contribution in [0, 0.1) is 6.92 Å². The number of carbonyl (C=O) groups excluding carboxylic acids is 2. The molecule has 0 bridgehead atoms. The second-order valence-electron chi connectivity index (χ2n) is 10.2. The van der Waals surface area contributed by atoms with Gasteiger partial charge in [0.25, 0.3) is 10.0 Å². The zero-order valence-corrected chi connectivity index (χ0v) is 23.9. The number of halogens is 1. The third-order valence-corrected chi connectivity index (χ3v) is 8.11. The van der Waals surface area contributed by atoms with Gasteiger partial charge in [-0.3, -0.25) is 13.9 Å². The average molecular weight is 556 g/mol.